The van der Waals surface area contributed by atoms with Gasteiger partial charge in [-0.1, -0.05) is 11.8 Å². The molecule has 1 aromatic heterocycles. The third-order valence-corrected chi connectivity index (χ3v) is 3.08. The Morgan fingerprint density at radius 1 is 1.20 bits per heavy atom. The molecule has 0 spiro atoms. The van der Waals surface area contributed by atoms with Crippen molar-refractivity contribution in [1.29, 1.82) is 0 Å². The molecule has 2 rings (SSSR count). The number of amides is 1. The standard InChI is InChI=1S/C13H9F3N2OS/c14-11-7-17-6-5-10(11)12(19)18-8-1-3-9(4-2-8)20-13(15)16/h1-7,13H,(H,18,19). The summed E-state index contributed by atoms with van der Waals surface area (Å²) in [7, 11) is 0. The van der Waals surface area contributed by atoms with Crippen LogP contribution in [0.2, 0.25) is 0 Å². The van der Waals surface area contributed by atoms with Crippen LogP contribution in [0, 0.1) is 5.82 Å². The molecule has 20 heavy (non-hydrogen) atoms. The van der Waals surface area contributed by atoms with E-state index in [1.165, 1.54) is 36.5 Å². The summed E-state index contributed by atoms with van der Waals surface area (Å²) in [5.41, 5.74) is 0.260. The van der Waals surface area contributed by atoms with E-state index in [0.717, 1.165) is 6.20 Å². The number of aromatic nitrogens is 1. The van der Waals surface area contributed by atoms with Gasteiger partial charge in [0.05, 0.1) is 11.8 Å². The molecule has 1 aromatic carbocycles. The number of pyridine rings is 1. The predicted octanol–water partition coefficient (Wildman–Crippen LogP) is 3.79. The van der Waals surface area contributed by atoms with Crippen molar-refractivity contribution in [3.8, 4) is 0 Å². The first-order valence-electron chi connectivity index (χ1n) is 5.52. The van der Waals surface area contributed by atoms with Gasteiger partial charge in [0.25, 0.3) is 11.7 Å². The van der Waals surface area contributed by atoms with Gasteiger partial charge in [-0.15, -0.1) is 0 Å². The van der Waals surface area contributed by atoms with Gasteiger partial charge < -0.3 is 5.32 Å². The molecule has 2 aromatic rings. The van der Waals surface area contributed by atoms with Crippen molar-refractivity contribution in [1.82, 2.24) is 4.98 Å². The molecular weight excluding hydrogens is 289 g/mol. The SMILES string of the molecule is O=C(Nc1ccc(SC(F)F)cc1)c1ccncc1F. The van der Waals surface area contributed by atoms with Crippen molar-refractivity contribution in [3.63, 3.8) is 0 Å². The van der Waals surface area contributed by atoms with Crippen LogP contribution in [0.3, 0.4) is 0 Å². The highest BCUT2D eigenvalue weighted by atomic mass is 32.2. The molecule has 0 radical (unpaired) electrons. The summed E-state index contributed by atoms with van der Waals surface area (Å²) in [4.78, 5) is 15.7. The highest BCUT2D eigenvalue weighted by Gasteiger charge is 2.11. The van der Waals surface area contributed by atoms with Crippen LogP contribution >= 0.6 is 11.8 Å². The van der Waals surface area contributed by atoms with Gasteiger partial charge in [-0.2, -0.15) is 8.78 Å². The zero-order chi connectivity index (χ0) is 14.5. The molecule has 0 saturated carbocycles. The maximum absolute atomic E-state index is 13.3. The Hall–Kier alpha value is -2.02. The number of hydrogen-bond donors (Lipinski definition) is 1. The summed E-state index contributed by atoms with van der Waals surface area (Å²) >= 11 is 0.411. The summed E-state index contributed by atoms with van der Waals surface area (Å²) in [6, 6.07) is 7.11. The van der Waals surface area contributed by atoms with Crippen molar-refractivity contribution < 1.29 is 18.0 Å². The average molecular weight is 298 g/mol. The minimum atomic E-state index is -2.50. The molecule has 0 aliphatic rings. The van der Waals surface area contributed by atoms with Crippen LogP contribution in [0.25, 0.3) is 0 Å². The van der Waals surface area contributed by atoms with Crippen LogP contribution in [0.15, 0.2) is 47.6 Å². The number of carbonyl (C=O) groups is 1. The van der Waals surface area contributed by atoms with Crippen LogP contribution in [0.5, 0.6) is 0 Å². The Morgan fingerprint density at radius 3 is 2.50 bits per heavy atom. The van der Waals surface area contributed by atoms with Crippen molar-refractivity contribution >= 4 is 23.4 Å². The second-order valence-electron chi connectivity index (χ2n) is 3.71. The quantitative estimate of drug-likeness (QED) is 0.873. The minimum Gasteiger partial charge on any atom is -0.322 e. The summed E-state index contributed by atoms with van der Waals surface area (Å²) in [5.74, 6) is -3.85. The number of carbonyl (C=O) groups excluding carboxylic acids is 1. The Labute approximate surface area is 117 Å². The highest BCUT2D eigenvalue weighted by Crippen LogP contribution is 2.26. The molecule has 3 nitrogen and oxygen atoms in total. The number of nitrogens with one attached hydrogen (secondary N) is 1. The second kappa shape index (κ2) is 6.42. The fourth-order valence-corrected chi connectivity index (χ4v) is 1.98. The summed E-state index contributed by atoms with van der Waals surface area (Å²) < 4.78 is 37.6. The minimum absolute atomic E-state index is 0.133. The molecule has 0 unspecified atom stereocenters. The first-order chi connectivity index (χ1) is 9.56. The predicted molar refractivity (Wildman–Crippen MR) is 70.5 cm³/mol. The molecule has 104 valence electrons. The lowest BCUT2D eigenvalue weighted by atomic mass is 10.2. The average Bonchev–Trinajstić information content (AvgIpc) is 2.41. The number of anilines is 1. The molecular formula is C13H9F3N2OS. The van der Waals surface area contributed by atoms with E-state index in [9.17, 15) is 18.0 Å². The van der Waals surface area contributed by atoms with Crippen LogP contribution < -0.4 is 5.32 Å². The third-order valence-electron chi connectivity index (χ3n) is 2.35. The Balaban J connectivity index is 2.07. The van der Waals surface area contributed by atoms with Crippen molar-refractivity contribution in [2.45, 2.75) is 10.7 Å². The van der Waals surface area contributed by atoms with Gasteiger partial charge in [-0.25, -0.2) is 4.39 Å². The zero-order valence-electron chi connectivity index (χ0n) is 10.0. The number of benzene rings is 1. The van der Waals surface area contributed by atoms with Crippen LogP contribution in [0.1, 0.15) is 10.4 Å². The molecule has 0 aliphatic carbocycles. The van der Waals surface area contributed by atoms with Gasteiger partial charge in [0.1, 0.15) is 0 Å². The Bertz CT molecular complexity index is 605. The van der Waals surface area contributed by atoms with Crippen LogP contribution in [-0.4, -0.2) is 16.6 Å². The van der Waals surface area contributed by atoms with Gasteiger partial charge in [0.15, 0.2) is 5.82 Å². The fourth-order valence-electron chi connectivity index (χ4n) is 1.48. The number of rotatable bonds is 4. The summed E-state index contributed by atoms with van der Waals surface area (Å²) in [5, 5.41) is 2.48. The molecule has 1 heterocycles. The van der Waals surface area contributed by atoms with Gasteiger partial charge in [-0.3, -0.25) is 9.78 Å². The van der Waals surface area contributed by atoms with E-state index < -0.39 is 17.5 Å². The van der Waals surface area contributed by atoms with Gasteiger partial charge in [0.2, 0.25) is 0 Å². The van der Waals surface area contributed by atoms with Crippen molar-refractivity contribution in [2.24, 2.45) is 0 Å². The van der Waals surface area contributed by atoms with E-state index in [2.05, 4.69) is 10.3 Å². The summed E-state index contributed by atoms with van der Waals surface area (Å²) in [6.45, 7) is 0. The number of alkyl halides is 2. The van der Waals surface area contributed by atoms with E-state index >= 15 is 0 Å². The zero-order valence-corrected chi connectivity index (χ0v) is 10.8. The smallest absolute Gasteiger partial charge is 0.288 e. The Morgan fingerprint density at radius 2 is 1.90 bits per heavy atom. The highest BCUT2D eigenvalue weighted by molar-refractivity contribution is 7.99. The topological polar surface area (TPSA) is 42.0 Å². The first-order valence-corrected chi connectivity index (χ1v) is 6.40. The lowest BCUT2D eigenvalue weighted by Gasteiger charge is -2.06. The molecule has 0 bridgehead atoms. The van der Waals surface area contributed by atoms with Gasteiger partial charge >= 0.3 is 0 Å². The number of halogens is 3. The van der Waals surface area contributed by atoms with E-state index in [1.54, 1.807) is 0 Å². The third kappa shape index (κ3) is 3.74. The number of nitrogens with zero attached hydrogens (tertiary/aromatic N) is 1. The van der Waals surface area contributed by atoms with E-state index in [1.807, 2.05) is 0 Å². The molecule has 0 saturated heterocycles. The fraction of sp³-hybridized carbons (Fsp3) is 0.0769. The molecule has 7 heteroatoms. The van der Waals surface area contributed by atoms with E-state index in [0.29, 0.717) is 22.3 Å². The number of thioether (sulfide) groups is 1. The van der Waals surface area contributed by atoms with Crippen LogP contribution in [-0.2, 0) is 0 Å². The number of hydrogen-bond acceptors (Lipinski definition) is 3. The Kier molecular flexibility index (Phi) is 4.62. The maximum atomic E-state index is 13.3. The van der Waals surface area contributed by atoms with Crippen molar-refractivity contribution in [3.05, 3.63) is 54.1 Å². The summed E-state index contributed by atoms with van der Waals surface area (Å²) in [6.07, 6.45) is 2.25. The lowest BCUT2D eigenvalue weighted by molar-refractivity contribution is 0.102. The second-order valence-corrected chi connectivity index (χ2v) is 4.78. The first kappa shape index (κ1) is 14.4. The van der Waals surface area contributed by atoms with Gasteiger partial charge in [-0.05, 0) is 30.3 Å². The van der Waals surface area contributed by atoms with E-state index in [4.69, 9.17) is 0 Å². The lowest BCUT2D eigenvalue weighted by Crippen LogP contribution is -2.13. The van der Waals surface area contributed by atoms with Crippen molar-refractivity contribution in [2.75, 3.05) is 5.32 Å². The molecule has 1 amide bonds. The van der Waals surface area contributed by atoms with Crippen LogP contribution in [0.4, 0.5) is 18.9 Å². The normalized spacial score (nSPS) is 10.6. The molecule has 0 atom stereocenters. The molecule has 0 aliphatic heterocycles. The largest absolute Gasteiger partial charge is 0.322 e. The molecule has 1 N–H and O–H groups in total. The van der Waals surface area contributed by atoms with E-state index in [-0.39, 0.29) is 5.56 Å². The monoisotopic (exact) mass is 298 g/mol. The maximum Gasteiger partial charge on any atom is 0.288 e. The molecule has 0 fully saturated rings. The van der Waals surface area contributed by atoms with Gasteiger partial charge in [0, 0.05) is 16.8 Å².